The molecule has 178 valence electrons. The molecule has 0 aliphatic heterocycles. The first kappa shape index (κ1) is 22.4. The van der Waals surface area contributed by atoms with Gasteiger partial charge in [-0.25, -0.2) is 9.59 Å². The lowest BCUT2D eigenvalue weighted by molar-refractivity contribution is -0.164. The number of benzene rings is 2. The van der Waals surface area contributed by atoms with Gasteiger partial charge in [-0.2, -0.15) is 0 Å². The number of carboxylic acid groups (broad SMARTS) is 1. The zero-order chi connectivity index (χ0) is 23.9. The van der Waals surface area contributed by atoms with Crippen LogP contribution in [0.15, 0.2) is 48.5 Å². The molecular weight excluding hydrogens is 432 g/mol. The molecule has 7 heteroatoms. The minimum Gasteiger partial charge on any atom is -0.479 e. The number of likely N-dealkylation sites (N-methyl/N-ethyl adjacent to an activating group) is 1. The molecule has 2 aromatic rings. The predicted molar refractivity (Wildman–Crippen MR) is 126 cm³/mol. The quantitative estimate of drug-likeness (QED) is 0.614. The van der Waals surface area contributed by atoms with Gasteiger partial charge in [-0.1, -0.05) is 48.5 Å². The summed E-state index contributed by atoms with van der Waals surface area (Å²) in [5.41, 5.74) is 3.52. The van der Waals surface area contributed by atoms with Gasteiger partial charge in [0.15, 0.2) is 0 Å². The zero-order valence-electron chi connectivity index (χ0n) is 19.3. The van der Waals surface area contributed by atoms with Gasteiger partial charge in [0, 0.05) is 25.4 Å². The molecule has 7 nitrogen and oxygen atoms in total. The number of rotatable bonds is 8. The van der Waals surface area contributed by atoms with Gasteiger partial charge in [0.05, 0.1) is 0 Å². The standard InChI is InChI=1S/C27H30N2O5/c1-29(27(25(31)32)13-6-14-27)24(30)15-23(17-11-12-17)28-26(33)34-16-22-20-9-4-2-7-18(20)19-8-3-5-10-21(19)22/h2-5,7-10,17,22-23H,6,11-16H2,1H3,(H,28,33)(H,31,32). The van der Waals surface area contributed by atoms with Crippen molar-refractivity contribution in [1.82, 2.24) is 10.2 Å². The summed E-state index contributed by atoms with van der Waals surface area (Å²) in [4.78, 5) is 38.8. The SMILES string of the molecule is CN(C(=O)CC(NC(=O)OCC1c2ccccc2-c2ccccc21)C1CC1)C1(C(=O)O)CCC1. The molecule has 0 bridgehead atoms. The van der Waals surface area contributed by atoms with E-state index in [1.807, 2.05) is 24.3 Å². The van der Waals surface area contributed by atoms with Crippen LogP contribution in [0.5, 0.6) is 0 Å². The molecule has 0 saturated heterocycles. The van der Waals surface area contributed by atoms with E-state index >= 15 is 0 Å². The number of nitrogens with one attached hydrogen (secondary N) is 1. The third kappa shape index (κ3) is 3.93. The van der Waals surface area contributed by atoms with Gasteiger partial charge < -0.3 is 20.1 Å². The number of carboxylic acids is 1. The smallest absolute Gasteiger partial charge is 0.407 e. The van der Waals surface area contributed by atoms with E-state index in [1.165, 1.54) is 16.0 Å². The normalized spacial score (nSPS) is 18.7. The average molecular weight is 463 g/mol. The van der Waals surface area contributed by atoms with Crippen LogP contribution in [0, 0.1) is 5.92 Å². The van der Waals surface area contributed by atoms with Crippen LogP contribution in [0.4, 0.5) is 4.79 Å². The number of hydrogen-bond acceptors (Lipinski definition) is 4. The third-order valence-corrected chi connectivity index (χ3v) is 7.83. The second kappa shape index (κ2) is 8.78. The maximum atomic E-state index is 12.9. The lowest BCUT2D eigenvalue weighted by Gasteiger charge is -2.45. The van der Waals surface area contributed by atoms with Gasteiger partial charge in [-0.15, -0.1) is 0 Å². The van der Waals surface area contributed by atoms with Crippen LogP contribution < -0.4 is 5.32 Å². The van der Waals surface area contributed by atoms with Crippen LogP contribution in [0.1, 0.15) is 55.6 Å². The van der Waals surface area contributed by atoms with E-state index < -0.39 is 17.6 Å². The molecule has 1 unspecified atom stereocenters. The summed E-state index contributed by atoms with van der Waals surface area (Å²) in [6, 6.07) is 16.0. The topological polar surface area (TPSA) is 95.9 Å². The number of carbonyl (C=O) groups is 3. The Balaban J connectivity index is 1.22. The van der Waals surface area contributed by atoms with Crippen LogP contribution >= 0.6 is 0 Å². The van der Waals surface area contributed by atoms with Crippen molar-refractivity contribution in [2.75, 3.05) is 13.7 Å². The molecule has 2 fully saturated rings. The highest BCUT2D eigenvalue weighted by Gasteiger charge is 2.50. The van der Waals surface area contributed by atoms with Crippen molar-refractivity contribution in [3.05, 3.63) is 59.7 Å². The lowest BCUT2D eigenvalue weighted by Crippen LogP contribution is -2.60. The Morgan fingerprint density at radius 3 is 2.15 bits per heavy atom. The van der Waals surface area contributed by atoms with Crippen molar-refractivity contribution >= 4 is 18.0 Å². The fourth-order valence-electron chi connectivity index (χ4n) is 5.39. The van der Waals surface area contributed by atoms with E-state index in [0.717, 1.165) is 30.4 Å². The zero-order valence-corrected chi connectivity index (χ0v) is 19.3. The molecule has 34 heavy (non-hydrogen) atoms. The van der Waals surface area contributed by atoms with E-state index in [2.05, 4.69) is 29.6 Å². The van der Waals surface area contributed by atoms with Crippen molar-refractivity contribution in [1.29, 1.82) is 0 Å². The fraction of sp³-hybridized carbons (Fsp3) is 0.444. The molecule has 0 aromatic heterocycles. The number of carbonyl (C=O) groups excluding carboxylic acids is 2. The highest BCUT2D eigenvalue weighted by Crippen LogP contribution is 2.44. The summed E-state index contributed by atoms with van der Waals surface area (Å²) in [7, 11) is 1.56. The number of hydrogen-bond donors (Lipinski definition) is 2. The van der Waals surface area contributed by atoms with E-state index in [-0.39, 0.29) is 36.8 Å². The summed E-state index contributed by atoms with van der Waals surface area (Å²) in [6.45, 7) is 0.215. The highest BCUT2D eigenvalue weighted by atomic mass is 16.5. The summed E-state index contributed by atoms with van der Waals surface area (Å²) >= 11 is 0. The van der Waals surface area contributed by atoms with Crippen LogP contribution in [0.25, 0.3) is 11.1 Å². The maximum Gasteiger partial charge on any atom is 0.407 e. The lowest BCUT2D eigenvalue weighted by atomic mass is 9.75. The van der Waals surface area contributed by atoms with Crippen molar-refractivity contribution < 1.29 is 24.2 Å². The molecule has 0 spiro atoms. The summed E-state index contributed by atoms with van der Waals surface area (Å²) < 4.78 is 5.66. The van der Waals surface area contributed by atoms with E-state index in [1.54, 1.807) is 7.05 Å². The Labute approximate surface area is 199 Å². The number of fused-ring (bicyclic) bond motifs is 3. The molecule has 2 amide bonds. The van der Waals surface area contributed by atoms with E-state index in [4.69, 9.17) is 4.74 Å². The Morgan fingerprint density at radius 1 is 1.06 bits per heavy atom. The number of nitrogens with zero attached hydrogens (tertiary/aromatic N) is 1. The highest BCUT2D eigenvalue weighted by molar-refractivity contribution is 5.88. The second-order valence-corrected chi connectivity index (χ2v) is 9.76. The third-order valence-electron chi connectivity index (χ3n) is 7.83. The fourth-order valence-corrected chi connectivity index (χ4v) is 5.39. The first-order valence-corrected chi connectivity index (χ1v) is 12.0. The second-order valence-electron chi connectivity index (χ2n) is 9.76. The summed E-state index contributed by atoms with van der Waals surface area (Å²) in [6.07, 6.45) is 3.17. The number of ether oxygens (including phenoxy) is 1. The molecule has 0 radical (unpaired) electrons. The van der Waals surface area contributed by atoms with Gasteiger partial charge in [0.2, 0.25) is 5.91 Å². The maximum absolute atomic E-state index is 12.9. The van der Waals surface area contributed by atoms with Gasteiger partial charge in [-0.3, -0.25) is 4.79 Å². The van der Waals surface area contributed by atoms with Crippen molar-refractivity contribution in [3.8, 4) is 11.1 Å². The minimum absolute atomic E-state index is 0.0284. The monoisotopic (exact) mass is 462 g/mol. The van der Waals surface area contributed by atoms with Gasteiger partial charge in [-0.05, 0) is 60.3 Å². The van der Waals surface area contributed by atoms with Crippen LogP contribution in [-0.4, -0.2) is 53.2 Å². The average Bonchev–Trinajstić information content (AvgIpc) is 3.59. The molecule has 1 atom stereocenters. The molecule has 0 heterocycles. The van der Waals surface area contributed by atoms with Gasteiger partial charge in [0.1, 0.15) is 12.1 Å². The van der Waals surface area contributed by atoms with Gasteiger partial charge >= 0.3 is 12.1 Å². The largest absolute Gasteiger partial charge is 0.479 e. The summed E-state index contributed by atoms with van der Waals surface area (Å²) in [5.74, 6) is -1.01. The first-order chi connectivity index (χ1) is 16.4. The summed E-state index contributed by atoms with van der Waals surface area (Å²) in [5, 5.41) is 12.5. The number of aliphatic carboxylic acids is 1. The van der Waals surface area contributed by atoms with E-state index in [9.17, 15) is 19.5 Å². The Kier molecular flexibility index (Phi) is 5.80. The van der Waals surface area contributed by atoms with Crippen LogP contribution in [-0.2, 0) is 14.3 Å². The van der Waals surface area contributed by atoms with Crippen molar-refractivity contribution in [2.45, 2.75) is 56.0 Å². The van der Waals surface area contributed by atoms with Gasteiger partial charge in [0.25, 0.3) is 0 Å². The van der Waals surface area contributed by atoms with E-state index in [0.29, 0.717) is 12.8 Å². The Hall–Kier alpha value is -3.35. The molecule has 2 saturated carbocycles. The van der Waals surface area contributed by atoms with Crippen LogP contribution in [0.3, 0.4) is 0 Å². The number of amides is 2. The first-order valence-electron chi connectivity index (χ1n) is 12.0. The van der Waals surface area contributed by atoms with Crippen LogP contribution in [0.2, 0.25) is 0 Å². The molecular formula is C27H30N2O5. The molecule has 2 N–H and O–H groups in total. The minimum atomic E-state index is -1.10. The Morgan fingerprint density at radius 2 is 1.65 bits per heavy atom. The van der Waals surface area contributed by atoms with Crippen molar-refractivity contribution in [3.63, 3.8) is 0 Å². The molecule has 3 aliphatic rings. The predicted octanol–water partition coefficient (Wildman–Crippen LogP) is 4.16. The van der Waals surface area contributed by atoms with Crippen molar-refractivity contribution in [2.24, 2.45) is 5.92 Å². The molecule has 3 aliphatic carbocycles. The molecule has 5 rings (SSSR count). The molecule has 2 aromatic carbocycles. The Bertz CT molecular complexity index is 1080. The number of alkyl carbamates (subject to hydrolysis) is 1.